The third-order valence-corrected chi connectivity index (χ3v) is 5.78. The molecule has 2 atom stereocenters. The van der Waals surface area contributed by atoms with Crippen LogP contribution in [0.25, 0.3) is 0 Å². The van der Waals surface area contributed by atoms with Crippen LogP contribution in [-0.4, -0.2) is 52.9 Å². The summed E-state index contributed by atoms with van der Waals surface area (Å²) in [5.74, 6) is -0.0316. The van der Waals surface area contributed by atoms with E-state index < -0.39 is 6.10 Å². The Hall–Kier alpha value is -2.67. The van der Waals surface area contributed by atoms with Crippen molar-refractivity contribution in [3.63, 3.8) is 0 Å². The van der Waals surface area contributed by atoms with Gasteiger partial charge in [0, 0.05) is 32.2 Å². The molecule has 7 heteroatoms. The number of piperidine rings is 1. The molecule has 2 aromatic rings. The van der Waals surface area contributed by atoms with E-state index in [0.717, 1.165) is 43.6 Å². The fourth-order valence-electron chi connectivity index (χ4n) is 3.91. The third kappa shape index (κ3) is 4.50. The molecule has 1 aromatic heterocycles. The van der Waals surface area contributed by atoms with Crippen molar-refractivity contribution in [1.29, 1.82) is 0 Å². The fraction of sp³-hybridized carbons (Fsp3) is 0.500. The Bertz CT molecular complexity index is 894. The zero-order chi connectivity index (χ0) is 20.2. The number of amides is 1. The minimum Gasteiger partial charge on any atom is -0.370 e. The lowest BCUT2D eigenvalue weighted by Crippen LogP contribution is -2.47. The summed E-state index contributed by atoms with van der Waals surface area (Å²) in [7, 11) is 0. The number of rotatable bonds is 6. The number of ether oxygens (including phenoxy) is 1. The highest BCUT2D eigenvalue weighted by Crippen LogP contribution is 2.22. The van der Waals surface area contributed by atoms with Gasteiger partial charge in [-0.15, -0.1) is 0 Å². The minimum absolute atomic E-state index is 0.0316. The quantitative estimate of drug-likeness (QED) is 0.749. The Morgan fingerprint density at radius 3 is 2.69 bits per heavy atom. The van der Waals surface area contributed by atoms with Gasteiger partial charge in [-0.25, -0.2) is 4.68 Å². The Morgan fingerprint density at radius 2 is 2.00 bits per heavy atom. The highest BCUT2D eigenvalue weighted by Gasteiger charge is 2.29. The average molecular weight is 396 g/mol. The van der Waals surface area contributed by atoms with Crippen LogP contribution in [0.1, 0.15) is 37.8 Å². The molecule has 0 radical (unpaired) electrons. The summed E-state index contributed by atoms with van der Waals surface area (Å²) in [6, 6.07) is 11.4. The number of nitrogens with zero attached hydrogens (tertiary/aromatic N) is 4. The maximum atomic E-state index is 12.9. The summed E-state index contributed by atoms with van der Waals surface area (Å²) in [5, 5.41) is 4.41. The molecule has 4 rings (SSSR count). The molecular weight excluding hydrogens is 368 g/mol. The van der Waals surface area contributed by atoms with Crippen molar-refractivity contribution >= 4 is 11.6 Å². The average Bonchev–Trinajstić information content (AvgIpc) is 2.71. The van der Waals surface area contributed by atoms with Gasteiger partial charge in [0.05, 0.1) is 24.5 Å². The largest absolute Gasteiger partial charge is 0.370 e. The summed E-state index contributed by atoms with van der Waals surface area (Å²) >= 11 is 0. The molecule has 0 aliphatic carbocycles. The van der Waals surface area contributed by atoms with Crippen LogP contribution in [-0.2, 0) is 16.1 Å². The maximum absolute atomic E-state index is 12.9. The van der Waals surface area contributed by atoms with Gasteiger partial charge in [0.25, 0.3) is 11.5 Å². The van der Waals surface area contributed by atoms with Crippen molar-refractivity contribution in [3.05, 3.63) is 58.5 Å². The van der Waals surface area contributed by atoms with Crippen LogP contribution in [0.2, 0.25) is 0 Å². The molecule has 0 saturated carbocycles. The van der Waals surface area contributed by atoms with E-state index in [1.165, 1.54) is 4.68 Å². The summed E-state index contributed by atoms with van der Waals surface area (Å²) < 4.78 is 7.33. The first-order chi connectivity index (χ1) is 14.1. The van der Waals surface area contributed by atoms with Crippen LogP contribution < -0.4 is 10.5 Å². The summed E-state index contributed by atoms with van der Waals surface area (Å²) in [6.45, 7) is 5.35. The second-order valence-electron chi connectivity index (χ2n) is 7.86. The molecule has 2 saturated heterocycles. The maximum Gasteiger partial charge on any atom is 0.269 e. The lowest BCUT2D eigenvalue weighted by atomic mass is 10.1. The number of aromatic nitrogens is 2. The van der Waals surface area contributed by atoms with Crippen LogP contribution in [0.15, 0.2) is 47.4 Å². The van der Waals surface area contributed by atoms with Crippen molar-refractivity contribution in [2.24, 2.45) is 0 Å². The number of carbonyl (C=O) groups excluding carboxylic acids is 1. The molecule has 1 amide bonds. The number of benzene rings is 1. The van der Waals surface area contributed by atoms with Crippen LogP contribution >= 0.6 is 0 Å². The Morgan fingerprint density at radius 1 is 1.21 bits per heavy atom. The van der Waals surface area contributed by atoms with Crippen molar-refractivity contribution in [3.8, 4) is 0 Å². The normalized spacial score (nSPS) is 20.2. The van der Waals surface area contributed by atoms with Gasteiger partial charge in [-0.3, -0.25) is 9.59 Å². The van der Waals surface area contributed by atoms with Crippen LogP contribution in [0.3, 0.4) is 0 Å². The van der Waals surface area contributed by atoms with E-state index in [9.17, 15) is 9.59 Å². The van der Waals surface area contributed by atoms with Crippen molar-refractivity contribution in [1.82, 2.24) is 14.7 Å². The molecule has 7 nitrogen and oxygen atoms in total. The molecule has 3 heterocycles. The molecule has 29 heavy (non-hydrogen) atoms. The predicted octanol–water partition coefficient (Wildman–Crippen LogP) is 2.22. The van der Waals surface area contributed by atoms with Crippen molar-refractivity contribution in [2.45, 2.75) is 44.9 Å². The van der Waals surface area contributed by atoms with Gasteiger partial charge in [0.2, 0.25) is 0 Å². The number of hydrogen-bond acceptors (Lipinski definition) is 5. The van der Waals surface area contributed by atoms with Crippen LogP contribution in [0, 0.1) is 0 Å². The van der Waals surface area contributed by atoms with E-state index in [-0.39, 0.29) is 17.5 Å². The third-order valence-electron chi connectivity index (χ3n) is 5.78. The zero-order valence-corrected chi connectivity index (χ0v) is 16.9. The van der Waals surface area contributed by atoms with E-state index in [2.05, 4.69) is 10.00 Å². The van der Waals surface area contributed by atoms with E-state index in [1.807, 2.05) is 30.3 Å². The molecule has 2 fully saturated rings. The van der Waals surface area contributed by atoms with Gasteiger partial charge in [-0.1, -0.05) is 30.3 Å². The highest BCUT2D eigenvalue weighted by atomic mass is 16.5. The molecule has 2 aliphatic heterocycles. The van der Waals surface area contributed by atoms with E-state index in [4.69, 9.17) is 4.74 Å². The van der Waals surface area contributed by atoms with Gasteiger partial charge in [0.15, 0.2) is 0 Å². The standard InChI is InChI=1S/C22H28N4O3/c1-17(29-16-18-7-3-2-4-8-18)22(28)25-10-5-9-19(15-25)26-21(27)13-20(14-23-26)24-11-6-12-24/h2-4,7-8,13-14,17,19H,5-6,9-12,15-16H2,1H3/t17-,19-/m0/s1. The predicted molar refractivity (Wildman–Crippen MR) is 111 cm³/mol. The molecule has 1 aromatic carbocycles. The fourth-order valence-corrected chi connectivity index (χ4v) is 3.91. The first-order valence-electron chi connectivity index (χ1n) is 10.4. The lowest BCUT2D eigenvalue weighted by Gasteiger charge is -2.35. The number of carbonyl (C=O) groups is 1. The molecule has 154 valence electrons. The molecule has 0 unspecified atom stereocenters. The van der Waals surface area contributed by atoms with Gasteiger partial charge in [-0.05, 0) is 31.7 Å². The topological polar surface area (TPSA) is 67.7 Å². The smallest absolute Gasteiger partial charge is 0.269 e. The number of likely N-dealkylation sites (tertiary alicyclic amines) is 1. The van der Waals surface area contributed by atoms with Gasteiger partial charge in [0.1, 0.15) is 6.10 Å². The van der Waals surface area contributed by atoms with Gasteiger partial charge >= 0.3 is 0 Å². The van der Waals surface area contributed by atoms with Gasteiger partial charge in [-0.2, -0.15) is 5.10 Å². The summed E-state index contributed by atoms with van der Waals surface area (Å²) in [4.78, 5) is 29.4. The molecule has 2 aliphatic rings. The van der Waals surface area contributed by atoms with E-state index in [1.54, 1.807) is 24.1 Å². The first-order valence-corrected chi connectivity index (χ1v) is 10.4. The first kappa shape index (κ1) is 19.6. The minimum atomic E-state index is -0.521. The van der Waals surface area contributed by atoms with Crippen molar-refractivity contribution < 1.29 is 9.53 Å². The van der Waals surface area contributed by atoms with Crippen molar-refractivity contribution in [2.75, 3.05) is 31.1 Å². The van der Waals surface area contributed by atoms with Crippen LogP contribution in [0.4, 0.5) is 5.69 Å². The second-order valence-corrected chi connectivity index (χ2v) is 7.86. The number of hydrogen-bond donors (Lipinski definition) is 0. The Balaban J connectivity index is 1.37. The van der Waals surface area contributed by atoms with Crippen LogP contribution in [0.5, 0.6) is 0 Å². The van der Waals surface area contributed by atoms with E-state index >= 15 is 0 Å². The lowest BCUT2D eigenvalue weighted by molar-refractivity contribution is -0.145. The highest BCUT2D eigenvalue weighted by molar-refractivity contribution is 5.80. The van der Waals surface area contributed by atoms with E-state index in [0.29, 0.717) is 19.7 Å². The SMILES string of the molecule is C[C@H](OCc1ccccc1)C(=O)N1CCC[C@H](n2ncc(N3CCC3)cc2=O)C1. The molecule has 0 spiro atoms. The Labute approximate surface area is 170 Å². The molecule has 0 bridgehead atoms. The summed E-state index contributed by atoms with van der Waals surface area (Å²) in [5.41, 5.74) is 1.84. The zero-order valence-electron chi connectivity index (χ0n) is 16.9. The molecule has 0 N–H and O–H groups in total. The Kier molecular flexibility index (Phi) is 5.94. The second kappa shape index (κ2) is 8.78. The monoisotopic (exact) mass is 396 g/mol. The van der Waals surface area contributed by atoms with Gasteiger partial charge < -0.3 is 14.5 Å². The number of anilines is 1. The molecular formula is C22H28N4O3. The summed E-state index contributed by atoms with van der Waals surface area (Å²) in [6.07, 6.45) is 4.11.